The first-order valence-electron chi connectivity index (χ1n) is 5.66. The first-order chi connectivity index (χ1) is 7.31. The second kappa shape index (κ2) is 4.95. The van der Waals surface area contributed by atoms with E-state index in [0.717, 1.165) is 11.3 Å². The van der Waals surface area contributed by atoms with Crippen molar-refractivity contribution in [1.82, 2.24) is 4.98 Å². The van der Waals surface area contributed by atoms with E-state index in [1.54, 1.807) is 0 Å². The largest absolute Gasteiger partial charge is 0.326 e. The molecule has 0 spiro atoms. The van der Waals surface area contributed by atoms with Gasteiger partial charge in [-0.1, -0.05) is 36.9 Å². The van der Waals surface area contributed by atoms with Crippen molar-refractivity contribution in [3.8, 4) is 0 Å². The number of hydrogen-bond acceptors (Lipinski definition) is 2. The highest BCUT2D eigenvalue weighted by atomic mass is 35.5. The van der Waals surface area contributed by atoms with Gasteiger partial charge >= 0.3 is 0 Å². The average Bonchev–Trinajstić information content (AvgIpc) is 2.30. The van der Waals surface area contributed by atoms with Gasteiger partial charge in [0.15, 0.2) is 0 Å². The van der Waals surface area contributed by atoms with Crippen LogP contribution in [0.5, 0.6) is 0 Å². The third kappa shape index (κ3) is 2.50. The predicted octanol–water partition coefficient (Wildman–Crippen LogP) is 3.24. The number of pyridine rings is 1. The van der Waals surface area contributed by atoms with Crippen molar-refractivity contribution < 1.29 is 0 Å². The van der Waals surface area contributed by atoms with E-state index in [-0.39, 0.29) is 0 Å². The van der Waals surface area contributed by atoms with Crippen molar-refractivity contribution in [2.75, 3.05) is 0 Å². The Balaban J connectivity index is 2.17. The van der Waals surface area contributed by atoms with Crippen LogP contribution in [0, 0.1) is 0 Å². The Kier molecular flexibility index (Phi) is 3.60. The van der Waals surface area contributed by atoms with Crippen LogP contribution in [0.1, 0.15) is 49.3 Å². The van der Waals surface area contributed by atoms with Crippen LogP contribution in [0.3, 0.4) is 0 Å². The van der Waals surface area contributed by atoms with Crippen LogP contribution in [-0.2, 0) is 6.54 Å². The second-order valence-corrected chi connectivity index (χ2v) is 4.58. The van der Waals surface area contributed by atoms with Crippen molar-refractivity contribution in [3.05, 3.63) is 28.5 Å². The zero-order valence-corrected chi connectivity index (χ0v) is 9.63. The first-order valence-corrected chi connectivity index (χ1v) is 6.04. The van der Waals surface area contributed by atoms with Gasteiger partial charge < -0.3 is 5.73 Å². The number of hydrogen-bond donors (Lipinski definition) is 1. The Morgan fingerprint density at radius 1 is 1.27 bits per heavy atom. The van der Waals surface area contributed by atoms with Crippen LogP contribution < -0.4 is 5.73 Å². The number of nitrogens with zero attached hydrogens (tertiary/aromatic N) is 1. The normalized spacial score (nSPS) is 18.0. The molecular formula is C12H17ClN2. The highest BCUT2D eigenvalue weighted by molar-refractivity contribution is 6.30. The van der Waals surface area contributed by atoms with Gasteiger partial charge in [-0.2, -0.15) is 0 Å². The molecule has 1 heterocycles. The number of rotatable bonds is 2. The van der Waals surface area contributed by atoms with Gasteiger partial charge in [-0.15, -0.1) is 0 Å². The molecular weight excluding hydrogens is 208 g/mol. The summed E-state index contributed by atoms with van der Waals surface area (Å²) in [6, 6.07) is 4.10. The topological polar surface area (TPSA) is 38.9 Å². The molecule has 0 amide bonds. The van der Waals surface area contributed by atoms with Gasteiger partial charge in [0, 0.05) is 23.7 Å². The zero-order valence-electron chi connectivity index (χ0n) is 8.88. The summed E-state index contributed by atoms with van der Waals surface area (Å²) in [4.78, 5) is 4.45. The fourth-order valence-corrected chi connectivity index (χ4v) is 2.49. The molecule has 2 rings (SSSR count). The van der Waals surface area contributed by atoms with Crippen LogP contribution in [0.2, 0.25) is 5.15 Å². The summed E-state index contributed by atoms with van der Waals surface area (Å²) in [5.41, 5.74) is 7.65. The maximum absolute atomic E-state index is 6.06. The molecule has 15 heavy (non-hydrogen) atoms. The third-order valence-corrected chi connectivity index (χ3v) is 3.52. The summed E-state index contributed by atoms with van der Waals surface area (Å²) in [6.07, 6.45) is 6.52. The lowest BCUT2D eigenvalue weighted by molar-refractivity contribution is 0.436. The monoisotopic (exact) mass is 224 g/mol. The smallest absolute Gasteiger partial charge is 0.133 e. The van der Waals surface area contributed by atoms with E-state index in [4.69, 9.17) is 17.3 Å². The van der Waals surface area contributed by atoms with Crippen molar-refractivity contribution in [3.63, 3.8) is 0 Å². The van der Waals surface area contributed by atoms with Gasteiger partial charge in [-0.25, -0.2) is 4.98 Å². The average molecular weight is 225 g/mol. The van der Waals surface area contributed by atoms with Crippen LogP contribution in [0.4, 0.5) is 0 Å². The second-order valence-electron chi connectivity index (χ2n) is 4.23. The van der Waals surface area contributed by atoms with Gasteiger partial charge in [-0.05, 0) is 18.9 Å². The molecule has 0 bridgehead atoms. The number of halogens is 1. The fraction of sp³-hybridized carbons (Fsp3) is 0.583. The van der Waals surface area contributed by atoms with E-state index in [1.165, 1.54) is 32.1 Å². The highest BCUT2D eigenvalue weighted by Crippen LogP contribution is 2.32. The molecule has 1 aliphatic carbocycles. The fourth-order valence-electron chi connectivity index (χ4n) is 2.26. The zero-order chi connectivity index (χ0) is 10.7. The SMILES string of the molecule is NCc1ccc(C2CCCCC2)nc1Cl. The molecule has 1 aliphatic rings. The van der Waals surface area contributed by atoms with Gasteiger partial charge in [-0.3, -0.25) is 0 Å². The van der Waals surface area contributed by atoms with Crippen molar-refractivity contribution >= 4 is 11.6 Å². The van der Waals surface area contributed by atoms with E-state index >= 15 is 0 Å². The Bertz CT molecular complexity index is 332. The summed E-state index contributed by atoms with van der Waals surface area (Å²) in [7, 11) is 0. The first kappa shape index (κ1) is 10.9. The quantitative estimate of drug-likeness (QED) is 0.784. The Hall–Kier alpha value is -0.600. The Labute approximate surface area is 95.8 Å². The van der Waals surface area contributed by atoms with Crippen molar-refractivity contribution in [2.24, 2.45) is 5.73 Å². The molecule has 1 fully saturated rings. The standard InChI is InChI=1S/C12H17ClN2/c13-12-10(8-14)6-7-11(15-12)9-4-2-1-3-5-9/h6-7,9H,1-5,8,14H2. The minimum absolute atomic E-state index is 0.469. The van der Waals surface area contributed by atoms with Gasteiger partial charge in [0.05, 0.1) is 0 Å². The van der Waals surface area contributed by atoms with E-state index in [9.17, 15) is 0 Å². The van der Waals surface area contributed by atoms with Crippen LogP contribution in [0.25, 0.3) is 0 Å². The van der Waals surface area contributed by atoms with E-state index in [1.807, 2.05) is 6.07 Å². The minimum atomic E-state index is 0.469. The molecule has 1 aromatic heterocycles. The van der Waals surface area contributed by atoms with Gasteiger partial charge in [0.25, 0.3) is 0 Å². The lowest BCUT2D eigenvalue weighted by atomic mass is 9.86. The molecule has 0 atom stereocenters. The van der Waals surface area contributed by atoms with Crippen LogP contribution in [0.15, 0.2) is 12.1 Å². The van der Waals surface area contributed by atoms with Crippen molar-refractivity contribution in [1.29, 1.82) is 0 Å². The summed E-state index contributed by atoms with van der Waals surface area (Å²) >= 11 is 6.06. The van der Waals surface area contributed by atoms with Gasteiger partial charge in [0.1, 0.15) is 5.15 Å². The molecule has 0 radical (unpaired) electrons. The highest BCUT2D eigenvalue weighted by Gasteiger charge is 2.17. The summed E-state index contributed by atoms with van der Waals surface area (Å²) in [5, 5.41) is 0.584. The molecule has 2 N–H and O–H groups in total. The van der Waals surface area contributed by atoms with E-state index < -0.39 is 0 Å². The molecule has 82 valence electrons. The maximum Gasteiger partial charge on any atom is 0.133 e. The number of aromatic nitrogens is 1. The molecule has 0 saturated heterocycles. The molecule has 1 aromatic rings. The number of nitrogens with two attached hydrogens (primary N) is 1. The van der Waals surface area contributed by atoms with Crippen LogP contribution in [-0.4, -0.2) is 4.98 Å². The summed E-state index contributed by atoms with van der Waals surface area (Å²) in [6.45, 7) is 0.469. The molecule has 3 heteroatoms. The van der Waals surface area contributed by atoms with E-state index in [2.05, 4.69) is 11.1 Å². The summed E-state index contributed by atoms with van der Waals surface area (Å²) in [5.74, 6) is 0.614. The lowest BCUT2D eigenvalue weighted by Crippen LogP contribution is -2.08. The molecule has 0 aliphatic heterocycles. The Morgan fingerprint density at radius 2 is 2.00 bits per heavy atom. The molecule has 2 nitrogen and oxygen atoms in total. The third-order valence-electron chi connectivity index (χ3n) is 3.19. The van der Waals surface area contributed by atoms with Gasteiger partial charge in [0.2, 0.25) is 0 Å². The maximum atomic E-state index is 6.06. The molecule has 0 unspecified atom stereocenters. The van der Waals surface area contributed by atoms with Crippen molar-refractivity contribution in [2.45, 2.75) is 44.6 Å². The Morgan fingerprint density at radius 3 is 2.60 bits per heavy atom. The lowest BCUT2D eigenvalue weighted by Gasteiger charge is -2.21. The summed E-state index contributed by atoms with van der Waals surface area (Å²) < 4.78 is 0. The molecule has 0 aromatic carbocycles. The van der Waals surface area contributed by atoms with E-state index in [0.29, 0.717) is 17.6 Å². The predicted molar refractivity (Wildman–Crippen MR) is 63.0 cm³/mol. The minimum Gasteiger partial charge on any atom is -0.326 e. The van der Waals surface area contributed by atoms with Crippen LogP contribution >= 0.6 is 11.6 Å². The molecule has 1 saturated carbocycles.